The second-order valence-electron chi connectivity index (χ2n) is 4.99. The van der Waals surface area contributed by atoms with E-state index in [-0.39, 0.29) is 39.1 Å². The van der Waals surface area contributed by atoms with Gasteiger partial charge in [0, 0.05) is 12.1 Å². The van der Waals surface area contributed by atoms with Crippen LogP contribution in [0.25, 0.3) is 0 Å². The Kier molecular flexibility index (Phi) is 7.73. The highest BCUT2D eigenvalue weighted by Gasteiger charge is 2.43. The molecule has 6 nitrogen and oxygen atoms in total. The minimum atomic E-state index is -3.37. The van der Waals surface area contributed by atoms with E-state index >= 15 is 0 Å². The fraction of sp³-hybridized carbons (Fsp3) is 1.00. The summed E-state index contributed by atoms with van der Waals surface area (Å²) < 4.78 is 15.7. The monoisotopic (exact) mass is 296 g/mol. The molecule has 0 radical (unpaired) electrons. The summed E-state index contributed by atoms with van der Waals surface area (Å²) in [7, 11) is -3.37. The predicted molar refractivity (Wildman–Crippen MR) is 76.8 cm³/mol. The molecule has 3 rings (SSSR count). The highest BCUT2D eigenvalue weighted by atomic mass is 31.2. The fourth-order valence-electron chi connectivity index (χ4n) is 2.59. The van der Waals surface area contributed by atoms with Crippen molar-refractivity contribution < 1.29 is 19.1 Å². The Morgan fingerprint density at radius 1 is 1.16 bits per heavy atom. The predicted octanol–water partition coefficient (Wildman–Crippen LogP) is 1.76. The number of fused-ring (bicyclic) bond motifs is 1. The Morgan fingerprint density at radius 2 is 1.79 bits per heavy atom. The minimum Gasteiger partial charge on any atom is -0.392 e. The van der Waals surface area contributed by atoms with Crippen molar-refractivity contribution in [1.29, 1.82) is 0 Å². The van der Waals surface area contributed by atoms with Gasteiger partial charge in [-0.25, -0.2) is 9.65 Å². The van der Waals surface area contributed by atoms with E-state index in [4.69, 9.17) is 20.3 Å². The van der Waals surface area contributed by atoms with E-state index in [1.807, 2.05) is 0 Å². The van der Waals surface area contributed by atoms with Gasteiger partial charge in [-0.15, -0.1) is 0 Å². The lowest BCUT2D eigenvalue weighted by molar-refractivity contribution is 0.165. The smallest absolute Gasteiger partial charge is 0.392 e. The van der Waals surface area contributed by atoms with Crippen molar-refractivity contribution in [2.75, 3.05) is 0 Å². The molecule has 3 fully saturated rings. The number of aliphatic hydroxyl groups is 1. The first kappa shape index (κ1) is 19.0. The number of hydrogen-bond acceptors (Lipinski definition) is 4. The van der Waals surface area contributed by atoms with Gasteiger partial charge in [0.25, 0.3) is 0 Å². The van der Waals surface area contributed by atoms with Crippen LogP contribution in [0.5, 0.6) is 0 Å². The van der Waals surface area contributed by atoms with Crippen molar-refractivity contribution in [3.05, 3.63) is 0 Å². The maximum absolute atomic E-state index is 10.8. The van der Waals surface area contributed by atoms with Crippen LogP contribution in [0, 0.1) is 0 Å². The van der Waals surface area contributed by atoms with Crippen molar-refractivity contribution in [2.24, 2.45) is 5.73 Å². The third-order valence-corrected chi connectivity index (χ3v) is 4.81. The van der Waals surface area contributed by atoms with Gasteiger partial charge in [-0.05, 0) is 38.5 Å². The lowest BCUT2D eigenvalue weighted by atomic mass is 10.2. The molecule has 7 heteroatoms. The zero-order valence-corrected chi connectivity index (χ0v) is 10.7. The van der Waals surface area contributed by atoms with E-state index in [1.165, 1.54) is 0 Å². The van der Waals surface area contributed by atoms with Crippen LogP contribution in [-0.2, 0) is 9.09 Å². The summed E-state index contributed by atoms with van der Waals surface area (Å²) in [6.45, 7) is 0. The Balaban J connectivity index is 0.000000325. The molecule has 2 saturated carbocycles. The van der Waals surface area contributed by atoms with E-state index < -0.39 is 7.75 Å². The Labute approximate surface area is 116 Å². The lowest BCUT2D eigenvalue weighted by Gasteiger charge is -2.04. The highest BCUT2D eigenvalue weighted by Crippen LogP contribution is 2.49. The first-order valence-corrected chi connectivity index (χ1v) is 7.78. The molecule has 2 aliphatic carbocycles. The second-order valence-corrected chi connectivity index (χ2v) is 6.50. The van der Waals surface area contributed by atoms with Gasteiger partial charge in [0.15, 0.2) is 0 Å². The molecule has 5 unspecified atom stereocenters. The molecule has 0 aromatic heterocycles. The summed E-state index contributed by atoms with van der Waals surface area (Å²) in [6, 6.07) is 0.204. The molecule has 1 heterocycles. The van der Waals surface area contributed by atoms with E-state index in [9.17, 15) is 4.57 Å². The van der Waals surface area contributed by atoms with Gasteiger partial charge in [-0.3, -0.25) is 4.52 Å². The van der Waals surface area contributed by atoms with Crippen LogP contribution in [0.1, 0.15) is 53.4 Å². The minimum absolute atomic E-state index is 0. The normalized spacial score (nSPS) is 43.5. The van der Waals surface area contributed by atoms with Crippen molar-refractivity contribution >= 4 is 7.75 Å². The van der Waals surface area contributed by atoms with Crippen LogP contribution in [0.4, 0.5) is 0 Å². The van der Waals surface area contributed by atoms with Crippen LogP contribution in [0.3, 0.4) is 0 Å². The number of hydrogen-bond donors (Lipinski definition) is 4. The van der Waals surface area contributed by atoms with E-state index in [1.54, 1.807) is 0 Å². The van der Waals surface area contributed by atoms with Crippen LogP contribution >= 0.6 is 7.75 Å². The molecule has 0 aromatic rings. The molecule has 5 N–H and O–H groups in total. The van der Waals surface area contributed by atoms with Crippen LogP contribution in [-0.4, -0.2) is 34.3 Å². The maximum atomic E-state index is 10.8. The fourth-order valence-corrected chi connectivity index (χ4v) is 3.99. The Morgan fingerprint density at radius 3 is 2.21 bits per heavy atom. The molecule has 19 heavy (non-hydrogen) atoms. The third-order valence-electron chi connectivity index (χ3n) is 3.59. The molecule has 116 valence electrons. The summed E-state index contributed by atoms with van der Waals surface area (Å²) >= 11 is 0. The first-order valence-electron chi connectivity index (χ1n) is 6.20. The SMILES string of the molecule is C.C.NC1CCCC1O.O=P1(O)NC2CCCC2O1. The number of rotatable bonds is 0. The molecule has 1 saturated heterocycles. The third kappa shape index (κ3) is 5.14. The standard InChI is InChI=1S/C5H10NO3P.C5H11NO.2CH4/c7-10(8)6-4-2-1-3-5(4)9-10;6-4-2-1-3-5(4)7;;/h4-5H,1-3H2,(H2,6,7,8);4-5,7H,1-3,6H2;2*1H4. The molecule has 5 atom stereocenters. The van der Waals surface area contributed by atoms with Crippen molar-refractivity contribution in [1.82, 2.24) is 5.09 Å². The van der Waals surface area contributed by atoms with Gasteiger partial charge in [0.2, 0.25) is 0 Å². The van der Waals surface area contributed by atoms with Gasteiger partial charge >= 0.3 is 7.75 Å². The average Bonchev–Trinajstić information content (AvgIpc) is 2.84. The van der Waals surface area contributed by atoms with Gasteiger partial charge in [0.1, 0.15) is 0 Å². The Bertz CT molecular complexity index is 292. The number of aliphatic hydroxyl groups excluding tert-OH is 1. The molecular weight excluding hydrogens is 267 g/mol. The maximum Gasteiger partial charge on any atom is 0.403 e. The second kappa shape index (κ2) is 7.72. The van der Waals surface area contributed by atoms with Gasteiger partial charge in [0.05, 0.1) is 12.2 Å². The lowest BCUT2D eigenvalue weighted by Crippen LogP contribution is -2.28. The van der Waals surface area contributed by atoms with Gasteiger partial charge in [-0.2, -0.15) is 0 Å². The van der Waals surface area contributed by atoms with Gasteiger partial charge in [-0.1, -0.05) is 14.9 Å². The van der Waals surface area contributed by atoms with Crippen molar-refractivity contribution in [2.45, 2.75) is 77.7 Å². The Hall–Kier alpha value is 0.0300. The van der Waals surface area contributed by atoms with E-state index in [0.29, 0.717) is 0 Å². The molecule has 0 amide bonds. The van der Waals surface area contributed by atoms with Crippen LogP contribution in [0.15, 0.2) is 0 Å². The molecule has 0 aromatic carbocycles. The van der Waals surface area contributed by atoms with Crippen LogP contribution in [0.2, 0.25) is 0 Å². The average molecular weight is 296 g/mol. The van der Waals surface area contributed by atoms with Crippen molar-refractivity contribution in [3.63, 3.8) is 0 Å². The van der Waals surface area contributed by atoms with Gasteiger partial charge < -0.3 is 15.7 Å². The zero-order valence-electron chi connectivity index (χ0n) is 9.79. The van der Waals surface area contributed by atoms with E-state index in [2.05, 4.69) is 5.09 Å². The molecule has 0 spiro atoms. The summed E-state index contributed by atoms with van der Waals surface area (Å²) in [5, 5.41) is 11.5. The molecule has 0 bridgehead atoms. The number of nitrogens with two attached hydrogens (primary N) is 1. The topological polar surface area (TPSA) is 105 Å². The summed E-state index contributed by atoms with van der Waals surface area (Å²) in [6.07, 6.45) is 5.78. The zero-order chi connectivity index (χ0) is 12.5. The summed E-state index contributed by atoms with van der Waals surface area (Å²) in [5.74, 6) is 0. The highest BCUT2D eigenvalue weighted by molar-refractivity contribution is 7.50. The largest absolute Gasteiger partial charge is 0.403 e. The van der Waals surface area contributed by atoms with E-state index in [0.717, 1.165) is 38.5 Å². The quantitative estimate of drug-likeness (QED) is 0.508. The first-order chi connectivity index (χ1) is 7.98. The summed E-state index contributed by atoms with van der Waals surface area (Å²) in [5.41, 5.74) is 5.43. The molecule has 3 aliphatic rings. The summed E-state index contributed by atoms with van der Waals surface area (Å²) in [4.78, 5) is 8.92. The molecule has 1 aliphatic heterocycles. The number of nitrogens with one attached hydrogen (secondary N) is 1. The molecular formula is C12H29N2O4P. The van der Waals surface area contributed by atoms with Crippen LogP contribution < -0.4 is 10.8 Å². The van der Waals surface area contributed by atoms with Crippen molar-refractivity contribution in [3.8, 4) is 0 Å².